The van der Waals surface area contributed by atoms with Crippen LogP contribution in [-0.4, -0.2) is 39.0 Å². The summed E-state index contributed by atoms with van der Waals surface area (Å²) in [7, 11) is 1.81. The number of anilines is 1. The lowest BCUT2D eigenvalue weighted by molar-refractivity contribution is -0.383. The lowest BCUT2D eigenvalue weighted by Gasteiger charge is -2.38. The van der Waals surface area contributed by atoms with E-state index < -0.39 is 4.92 Å². The number of nitrogens with zero attached hydrogens (tertiary/aromatic N) is 5. The molecule has 8 nitrogen and oxygen atoms in total. The number of hydrazine groups is 1. The Morgan fingerprint density at radius 3 is 2.85 bits per heavy atom. The average molecular weight is 372 g/mol. The fraction of sp³-hybridized carbons (Fsp3) is 0.176. The summed E-state index contributed by atoms with van der Waals surface area (Å²) < 4.78 is 1.27. The Kier molecular flexibility index (Phi) is 3.77. The third-order valence-electron chi connectivity index (χ3n) is 4.46. The first-order chi connectivity index (χ1) is 12.5. The van der Waals surface area contributed by atoms with E-state index in [-0.39, 0.29) is 27.8 Å². The van der Waals surface area contributed by atoms with Gasteiger partial charge in [-0.1, -0.05) is 29.8 Å². The summed E-state index contributed by atoms with van der Waals surface area (Å²) in [5.74, 6) is -0.323. The van der Waals surface area contributed by atoms with Crippen LogP contribution in [0.5, 0.6) is 0 Å². The van der Waals surface area contributed by atoms with Crippen LogP contribution in [0.25, 0.3) is 5.52 Å². The van der Waals surface area contributed by atoms with E-state index in [0.29, 0.717) is 6.54 Å². The van der Waals surface area contributed by atoms with Gasteiger partial charge in [0.2, 0.25) is 0 Å². The number of carbonyl (C=O) groups is 1. The first-order valence-corrected chi connectivity index (χ1v) is 8.30. The second-order valence-electron chi connectivity index (χ2n) is 5.99. The molecule has 3 aromatic rings. The van der Waals surface area contributed by atoms with Crippen molar-refractivity contribution in [2.75, 3.05) is 18.6 Å². The lowest BCUT2D eigenvalue weighted by Crippen LogP contribution is -2.48. The standard InChI is InChI=1S/C17H14ClN5O3/c1-20-14-5-3-2-4-11(14)6-7-22(20)17(24)13-9-15-16(23(25)26)8-12(18)10-21(15)19-13/h2-5,8-10H,6-7H2,1H3. The van der Waals surface area contributed by atoms with Crippen molar-refractivity contribution in [3.63, 3.8) is 0 Å². The van der Waals surface area contributed by atoms with E-state index in [1.54, 1.807) is 10.0 Å². The highest BCUT2D eigenvalue weighted by Gasteiger charge is 2.28. The SMILES string of the molecule is CN1c2ccccc2CCN1C(=O)c1cc2c([N+](=O)[O-])cc(Cl)cn2n1. The summed E-state index contributed by atoms with van der Waals surface area (Å²) in [5, 5.41) is 19.0. The third kappa shape index (κ3) is 2.55. The Labute approximate surface area is 153 Å². The van der Waals surface area contributed by atoms with Gasteiger partial charge >= 0.3 is 0 Å². The summed E-state index contributed by atoms with van der Waals surface area (Å²) in [6, 6.07) is 10.5. The van der Waals surface area contributed by atoms with E-state index in [4.69, 9.17) is 11.6 Å². The molecule has 0 radical (unpaired) electrons. The third-order valence-corrected chi connectivity index (χ3v) is 4.67. The Bertz CT molecular complexity index is 1050. The number of fused-ring (bicyclic) bond motifs is 2. The van der Waals surface area contributed by atoms with Gasteiger partial charge in [-0.3, -0.25) is 19.9 Å². The van der Waals surface area contributed by atoms with Gasteiger partial charge in [0, 0.05) is 31.9 Å². The number of para-hydroxylation sites is 1. The molecule has 4 rings (SSSR count). The van der Waals surface area contributed by atoms with Crippen LogP contribution in [0, 0.1) is 10.1 Å². The molecule has 9 heteroatoms. The van der Waals surface area contributed by atoms with Crippen molar-refractivity contribution in [1.82, 2.24) is 14.6 Å². The molecule has 0 spiro atoms. The second-order valence-corrected chi connectivity index (χ2v) is 6.43. The number of amides is 1. The van der Waals surface area contributed by atoms with Crippen molar-refractivity contribution in [3.05, 3.63) is 69.0 Å². The van der Waals surface area contributed by atoms with E-state index in [0.717, 1.165) is 17.7 Å². The number of benzene rings is 1. The fourth-order valence-corrected chi connectivity index (χ4v) is 3.40. The molecule has 26 heavy (non-hydrogen) atoms. The van der Waals surface area contributed by atoms with Gasteiger partial charge in [-0.2, -0.15) is 5.10 Å². The first kappa shape index (κ1) is 16.3. The van der Waals surface area contributed by atoms with Crippen molar-refractivity contribution >= 4 is 34.4 Å². The van der Waals surface area contributed by atoms with E-state index >= 15 is 0 Å². The van der Waals surface area contributed by atoms with Gasteiger partial charge in [0.1, 0.15) is 5.52 Å². The maximum atomic E-state index is 13.0. The molecule has 1 aliphatic rings. The normalized spacial score (nSPS) is 13.8. The molecule has 132 valence electrons. The summed E-state index contributed by atoms with van der Waals surface area (Å²) in [4.78, 5) is 23.7. The van der Waals surface area contributed by atoms with Crippen LogP contribution in [0.3, 0.4) is 0 Å². The number of hydrogen-bond donors (Lipinski definition) is 0. The Balaban J connectivity index is 1.73. The molecule has 0 unspecified atom stereocenters. The highest BCUT2D eigenvalue weighted by Crippen LogP contribution is 2.28. The molecule has 2 aromatic heterocycles. The predicted octanol–water partition coefficient (Wildman–Crippen LogP) is 2.95. The quantitative estimate of drug-likeness (QED) is 0.511. The minimum absolute atomic E-state index is 0.126. The highest BCUT2D eigenvalue weighted by atomic mass is 35.5. The van der Waals surface area contributed by atoms with Crippen molar-refractivity contribution in [2.45, 2.75) is 6.42 Å². The van der Waals surface area contributed by atoms with Gasteiger partial charge < -0.3 is 0 Å². The number of carbonyl (C=O) groups excluding carboxylic acids is 1. The van der Waals surface area contributed by atoms with Gasteiger partial charge in [-0.05, 0) is 18.1 Å². The van der Waals surface area contributed by atoms with Gasteiger partial charge in [-0.25, -0.2) is 9.52 Å². The van der Waals surface area contributed by atoms with E-state index in [2.05, 4.69) is 5.10 Å². The minimum atomic E-state index is -0.541. The Hall–Kier alpha value is -3.13. The zero-order chi connectivity index (χ0) is 18.4. The molecule has 0 saturated heterocycles. The van der Waals surface area contributed by atoms with E-state index in [1.807, 2.05) is 31.3 Å². The molecular formula is C17H14ClN5O3. The molecule has 0 saturated carbocycles. The molecule has 1 aromatic carbocycles. The van der Waals surface area contributed by atoms with Crippen LogP contribution >= 0.6 is 11.6 Å². The molecule has 0 aliphatic carbocycles. The Morgan fingerprint density at radius 2 is 2.08 bits per heavy atom. The Morgan fingerprint density at radius 1 is 1.31 bits per heavy atom. The average Bonchev–Trinajstić information content (AvgIpc) is 3.04. The molecule has 0 fully saturated rings. The van der Waals surface area contributed by atoms with Crippen LogP contribution in [0.2, 0.25) is 5.02 Å². The number of halogens is 1. The fourth-order valence-electron chi connectivity index (χ4n) is 3.21. The molecule has 1 aliphatic heterocycles. The number of rotatable bonds is 2. The van der Waals surface area contributed by atoms with Crippen molar-refractivity contribution in [1.29, 1.82) is 0 Å². The molecule has 0 bridgehead atoms. The lowest BCUT2D eigenvalue weighted by atomic mass is 10.1. The zero-order valence-corrected chi connectivity index (χ0v) is 14.6. The van der Waals surface area contributed by atoms with Crippen LogP contribution < -0.4 is 5.01 Å². The summed E-state index contributed by atoms with van der Waals surface area (Å²) in [5.41, 5.74) is 2.27. The van der Waals surface area contributed by atoms with E-state index in [9.17, 15) is 14.9 Å². The van der Waals surface area contributed by atoms with Crippen molar-refractivity contribution in [2.24, 2.45) is 0 Å². The number of hydrogen-bond acceptors (Lipinski definition) is 5. The van der Waals surface area contributed by atoms with Crippen LogP contribution in [0.15, 0.2) is 42.6 Å². The molecule has 0 N–H and O–H groups in total. The van der Waals surface area contributed by atoms with Gasteiger partial charge in [0.25, 0.3) is 11.6 Å². The summed E-state index contributed by atoms with van der Waals surface area (Å²) in [6.45, 7) is 0.503. The van der Waals surface area contributed by atoms with Crippen molar-refractivity contribution in [3.8, 4) is 0 Å². The van der Waals surface area contributed by atoms with Gasteiger partial charge in [-0.15, -0.1) is 0 Å². The molecule has 0 atom stereocenters. The zero-order valence-electron chi connectivity index (χ0n) is 13.8. The van der Waals surface area contributed by atoms with E-state index in [1.165, 1.54) is 22.8 Å². The number of nitro groups is 1. The smallest absolute Gasteiger partial charge is 0.285 e. The molecule has 3 heterocycles. The van der Waals surface area contributed by atoms with Crippen LogP contribution in [-0.2, 0) is 6.42 Å². The van der Waals surface area contributed by atoms with Gasteiger partial charge in [0.15, 0.2) is 5.69 Å². The molecular weight excluding hydrogens is 358 g/mol. The topological polar surface area (TPSA) is 84.0 Å². The largest absolute Gasteiger partial charge is 0.296 e. The maximum absolute atomic E-state index is 13.0. The predicted molar refractivity (Wildman–Crippen MR) is 96.4 cm³/mol. The summed E-state index contributed by atoms with van der Waals surface area (Å²) >= 11 is 5.92. The highest BCUT2D eigenvalue weighted by molar-refractivity contribution is 6.30. The monoisotopic (exact) mass is 371 g/mol. The van der Waals surface area contributed by atoms with Crippen LogP contribution in [0.4, 0.5) is 11.4 Å². The molecule has 1 amide bonds. The van der Waals surface area contributed by atoms with Crippen molar-refractivity contribution < 1.29 is 9.72 Å². The first-order valence-electron chi connectivity index (χ1n) is 7.92. The van der Waals surface area contributed by atoms with Gasteiger partial charge in [0.05, 0.1) is 15.6 Å². The van der Waals surface area contributed by atoms with Crippen LogP contribution in [0.1, 0.15) is 16.1 Å². The maximum Gasteiger partial charge on any atom is 0.296 e. The minimum Gasteiger partial charge on any atom is -0.285 e. The second kappa shape index (κ2) is 5.99. The number of aromatic nitrogens is 2. The summed E-state index contributed by atoms with van der Waals surface area (Å²) in [6.07, 6.45) is 2.17. The number of pyridine rings is 1.